The SMILES string of the molecule is CC(NCC(c1ccco1)N(C)C)c1ccn[nH]1. The molecular weight excluding hydrogens is 228 g/mol. The van der Waals surface area contributed by atoms with Crippen molar-refractivity contribution in [3.63, 3.8) is 0 Å². The standard InChI is InChI=1S/C13H20N4O/c1-10(11-6-7-15-16-11)14-9-12(17(2)3)13-5-4-8-18-13/h4-8,10,12,14H,9H2,1-3H3,(H,15,16). The Morgan fingerprint density at radius 3 is 2.83 bits per heavy atom. The predicted octanol–water partition coefficient (Wildman–Crippen LogP) is 1.96. The Morgan fingerprint density at radius 1 is 1.44 bits per heavy atom. The minimum Gasteiger partial charge on any atom is -0.468 e. The van der Waals surface area contributed by atoms with Crippen molar-refractivity contribution in [1.29, 1.82) is 0 Å². The van der Waals surface area contributed by atoms with Crippen LogP contribution in [0.15, 0.2) is 35.1 Å². The van der Waals surface area contributed by atoms with Crippen LogP contribution in [0.5, 0.6) is 0 Å². The Kier molecular flexibility index (Phi) is 4.17. The van der Waals surface area contributed by atoms with E-state index in [1.165, 1.54) is 0 Å². The molecule has 2 aromatic heterocycles. The molecule has 0 aliphatic heterocycles. The number of likely N-dealkylation sites (N-methyl/N-ethyl adjacent to an activating group) is 1. The van der Waals surface area contributed by atoms with Crippen molar-refractivity contribution in [2.45, 2.75) is 19.0 Å². The average molecular weight is 248 g/mol. The minimum atomic E-state index is 0.227. The predicted molar refractivity (Wildman–Crippen MR) is 70.1 cm³/mol. The van der Waals surface area contributed by atoms with Gasteiger partial charge in [-0.1, -0.05) is 0 Å². The van der Waals surface area contributed by atoms with Gasteiger partial charge in [0, 0.05) is 18.8 Å². The number of hydrogen-bond acceptors (Lipinski definition) is 4. The third kappa shape index (κ3) is 3.00. The van der Waals surface area contributed by atoms with E-state index in [0.29, 0.717) is 0 Å². The summed E-state index contributed by atoms with van der Waals surface area (Å²) in [4.78, 5) is 2.14. The van der Waals surface area contributed by atoms with Crippen molar-refractivity contribution in [2.24, 2.45) is 0 Å². The summed E-state index contributed by atoms with van der Waals surface area (Å²) in [6.45, 7) is 2.93. The van der Waals surface area contributed by atoms with E-state index in [-0.39, 0.29) is 12.1 Å². The summed E-state index contributed by atoms with van der Waals surface area (Å²) in [7, 11) is 4.10. The summed E-state index contributed by atoms with van der Waals surface area (Å²) < 4.78 is 5.48. The molecule has 0 aromatic carbocycles. The lowest BCUT2D eigenvalue weighted by Crippen LogP contribution is -2.32. The highest BCUT2D eigenvalue weighted by molar-refractivity contribution is 5.07. The van der Waals surface area contributed by atoms with Gasteiger partial charge in [-0.2, -0.15) is 5.10 Å². The molecule has 0 saturated heterocycles. The van der Waals surface area contributed by atoms with Gasteiger partial charge in [0.25, 0.3) is 0 Å². The van der Waals surface area contributed by atoms with Crippen LogP contribution in [-0.2, 0) is 0 Å². The van der Waals surface area contributed by atoms with Gasteiger partial charge in [0.2, 0.25) is 0 Å². The average Bonchev–Trinajstić information content (AvgIpc) is 3.01. The first-order valence-corrected chi connectivity index (χ1v) is 6.11. The smallest absolute Gasteiger partial charge is 0.122 e. The minimum absolute atomic E-state index is 0.227. The lowest BCUT2D eigenvalue weighted by Gasteiger charge is -2.24. The van der Waals surface area contributed by atoms with Crippen LogP contribution in [0, 0.1) is 0 Å². The van der Waals surface area contributed by atoms with Gasteiger partial charge < -0.3 is 9.73 Å². The molecule has 0 aliphatic carbocycles. The molecule has 0 bridgehead atoms. The monoisotopic (exact) mass is 248 g/mol. The number of nitrogens with zero attached hydrogens (tertiary/aromatic N) is 2. The van der Waals surface area contributed by atoms with Crippen molar-refractivity contribution >= 4 is 0 Å². The molecular formula is C13H20N4O. The molecule has 0 amide bonds. The summed E-state index contributed by atoms with van der Waals surface area (Å²) in [6.07, 6.45) is 3.48. The summed E-state index contributed by atoms with van der Waals surface area (Å²) >= 11 is 0. The number of nitrogens with one attached hydrogen (secondary N) is 2. The van der Waals surface area contributed by atoms with Gasteiger partial charge in [0.05, 0.1) is 18.0 Å². The Labute approximate surface area is 107 Å². The zero-order valence-corrected chi connectivity index (χ0v) is 11.1. The summed E-state index contributed by atoms with van der Waals surface area (Å²) in [5.41, 5.74) is 1.09. The normalized spacial score (nSPS) is 14.9. The van der Waals surface area contributed by atoms with Gasteiger partial charge in [-0.05, 0) is 39.2 Å². The van der Waals surface area contributed by atoms with E-state index in [1.807, 2.05) is 18.2 Å². The highest BCUT2D eigenvalue weighted by atomic mass is 16.3. The third-order valence-electron chi connectivity index (χ3n) is 3.10. The van der Waals surface area contributed by atoms with E-state index in [2.05, 4.69) is 41.4 Å². The molecule has 98 valence electrons. The molecule has 0 spiro atoms. The molecule has 2 atom stereocenters. The molecule has 0 radical (unpaired) electrons. The Balaban J connectivity index is 1.94. The lowest BCUT2D eigenvalue weighted by atomic mass is 10.1. The Bertz CT molecular complexity index is 436. The topological polar surface area (TPSA) is 57.1 Å². The van der Waals surface area contributed by atoms with Crippen LogP contribution < -0.4 is 5.32 Å². The van der Waals surface area contributed by atoms with Crippen molar-refractivity contribution in [2.75, 3.05) is 20.6 Å². The van der Waals surface area contributed by atoms with Crippen LogP contribution in [-0.4, -0.2) is 35.7 Å². The molecule has 5 heteroatoms. The second kappa shape index (κ2) is 5.84. The van der Waals surface area contributed by atoms with Gasteiger partial charge in [-0.25, -0.2) is 0 Å². The molecule has 2 heterocycles. The number of furan rings is 1. The Morgan fingerprint density at radius 2 is 2.28 bits per heavy atom. The fourth-order valence-electron chi connectivity index (χ4n) is 1.92. The van der Waals surface area contributed by atoms with Gasteiger partial charge in [0.1, 0.15) is 5.76 Å². The van der Waals surface area contributed by atoms with E-state index in [1.54, 1.807) is 12.5 Å². The number of hydrogen-bond donors (Lipinski definition) is 2. The maximum atomic E-state index is 5.48. The van der Waals surface area contributed by atoms with Gasteiger partial charge in [-0.15, -0.1) is 0 Å². The molecule has 0 aliphatic rings. The maximum Gasteiger partial charge on any atom is 0.122 e. The summed E-state index contributed by atoms with van der Waals surface area (Å²) in [6, 6.07) is 6.38. The highest BCUT2D eigenvalue weighted by Crippen LogP contribution is 2.19. The van der Waals surface area contributed by atoms with Crippen molar-refractivity contribution in [3.05, 3.63) is 42.1 Å². The van der Waals surface area contributed by atoms with Crippen molar-refractivity contribution in [1.82, 2.24) is 20.4 Å². The van der Waals surface area contributed by atoms with E-state index < -0.39 is 0 Å². The Hall–Kier alpha value is -1.59. The second-order valence-electron chi connectivity index (χ2n) is 4.64. The second-order valence-corrected chi connectivity index (χ2v) is 4.64. The number of H-pyrrole nitrogens is 1. The van der Waals surface area contributed by atoms with Gasteiger partial charge >= 0.3 is 0 Å². The first-order valence-electron chi connectivity index (χ1n) is 6.11. The van der Waals surface area contributed by atoms with Gasteiger partial charge in [0.15, 0.2) is 0 Å². The van der Waals surface area contributed by atoms with Crippen LogP contribution in [0.3, 0.4) is 0 Å². The van der Waals surface area contributed by atoms with Crippen molar-refractivity contribution in [3.8, 4) is 0 Å². The highest BCUT2D eigenvalue weighted by Gasteiger charge is 2.18. The molecule has 0 fully saturated rings. The fourth-order valence-corrected chi connectivity index (χ4v) is 1.92. The van der Waals surface area contributed by atoms with Crippen LogP contribution in [0.1, 0.15) is 30.5 Å². The molecule has 2 unspecified atom stereocenters. The zero-order chi connectivity index (χ0) is 13.0. The summed E-state index contributed by atoms with van der Waals surface area (Å²) in [5, 5.41) is 10.4. The maximum absolute atomic E-state index is 5.48. The zero-order valence-electron chi connectivity index (χ0n) is 11.1. The molecule has 5 nitrogen and oxygen atoms in total. The van der Waals surface area contributed by atoms with E-state index >= 15 is 0 Å². The number of aromatic nitrogens is 2. The lowest BCUT2D eigenvalue weighted by molar-refractivity contribution is 0.245. The molecule has 2 N–H and O–H groups in total. The van der Waals surface area contributed by atoms with Crippen LogP contribution in [0.4, 0.5) is 0 Å². The fraction of sp³-hybridized carbons (Fsp3) is 0.462. The number of aromatic amines is 1. The first-order chi connectivity index (χ1) is 8.68. The van der Waals surface area contributed by atoms with E-state index in [4.69, 9.17) is 4.42 Å². The van der Waals surface area contributed by atoms with E-state index in [9.17, 15) is 0 Å². The quantitative estimate of drug-likeness (QED) is 0.820. The molecule has 2 aromatic rings. The van der Waals surface area contributed by atoms with Crippen LogP contribution >= 0.6 is 0 Å². The largest absolute Gasteiger partial charge is 0.468 e. The number of rotatable bonds is 6. The molecule has 18 heavy (non-hydrogen) atoms. The summed E-state index contributed by atoms with van der Waals surface area (Å²) in [5.74, 6) is 0.976. The van der Waals surface area contributed by atoms with Gasteiger partial charge in [-0.3, -0.25) is 10.00 Å². The molecule has 0 saturated carbocycles. The van der Waals surface area contributed by atoms with Crippen LogP contribution in [0.25, 0.3) is 0 Å². The van der Waals surface area contributed by atoms with Crippen LogP contribution in [0.2, 0.25) is 0 Å². The van der Waals surface area contributed by atoms with Crippen molar-refractivity contribution < 1.29 is 4.42 Å². The molecule has 2 rings (SSSR count). The third-order valence-corrected chi connectivity index (χ3v) is 3.10. The van der Waals surface area contributed by atoms with E-state index in [0.717, 1.165) is 18.0 Å². The first kappa shape index (κ1) is 12.9.